The van der Waals surface area contributed by atoms with Gasteiger partial charge >= 0.3 is 0 Å². The summed E-state index contributed by atoms with van der Waals surface area (Å²) in [6, 6.07) is 0. The van der Waals surface area contributed by atoms with Crippen molar-refractivity contribution in [3.8, 4) is 0 Å². The summed E-state index contributed by atoms with van der Waals surface area (Å²) in [5.74, 6) is 4.93. The predicted molar refractivity (Wildman–Crippen MR) is 91.1 cm³/mol. The van der Waals surface area contributed by atoms with Gasteiger partial charge in [-0.1, -0.05) is 20.8 Å². The molecule has 1 aromatic heterocycles. The largest absolute Gasteiger partial charge is 0.370 e. The molecule has 2 N–H and O–H groups in total. The van der Waals surface area contributed by atoms with Crippen molar-refractivity contribution in [2.45, 2.75) is 40.5 Å². The number of nitrogens with zero attached hydrogens (tertiary/aromatic N) is 2. The van der Waals surface area contributed by atoms with E-state index in [-0.39, 0.29) is 0 Å². The van der Waals surface area contributed by atoms with E-state index in [0.717, 1.165) is 41.9 Å². The van der Waals surface area contributed by atoms with E-state index in [1.165, 1.54) is 0 Å². The van der Waals surface area contributed by atoms with Crippen LogP contribution in [0.15, 0.2) is 0 Å². The summed E-state index contributed by atoms with van der Waals surface area (Å²) in [6.45, 7) is 12.5. The average molecular weight is 296 g/mol. The highest BCUT2D eigenvalue weighted by molar-refractivity contribution is 7.98. The topological polar surface area (TPSA) is 49.8 Å². The number of hydrogen-bond acceptors (Lipinski definition) is 5. The lowest BCUT2D eigenvalue weighted by Gasteiger charge is -2.17. The number of aromatic nitrogens is 2. The predicted octanol–water partition coefficient (Wildman–Crippen LogP) is 3.75. The summed E-state index contributed by atoms with van der Waals surface area (Å²) < 4.78 is 0. The number of thioether (sulfide) groups is 1. The molecule has 1 aromatic rings. The molecule has 0 saturated carbocycles. The van der Waals surface area contributed by atoms with Gasteiger partial charge in [0, 0.05) is 24.6 Å². The second kappa shape index (κ2) is 8.35. The molecule has 1 heterocycles. The summed E-state index contributed by atoms with van der Waals surface area (Å²) in [6.07, 6.45) is 2.15. The Morgan fingerprint density at radius 1 is 1.10 bits per heavy atom. The molecule has 0 amide bonds. The lowest BCUT2D eigenvalue weighted by molar-refractivity contribution is 0.695. The Hall–Kier alpha value is -0.970. The molecule has 1 atom stereocenters. The highest BCUT2D eigenvalue weighted by Crippen LogP contribution is 2.23. The Bertz CT molecular complexity index is 421. The van der Waals surface area contributed by atoms with Crippen molar-refractivity contribution in [3.05, 3.63) is 11.4 Å². The van der Waals surface area contributed by atoms with Crippen molar-refractivity contribution in [3.63, 3.8) is 0 Å². The van der Waals surface area contributed by atoms with Crippen LogP contribution in [-0.4, -0.2) is 35.1 Å². The van der Waals surface area contributed by atoms with E-state index >= 15 is 0 Å². The van der Waals surface area contributed by atoms with Crippen LogP contribution in [0, 0.1) is 12.8 Å². The van der Waals surface area contributed by atoms with Crippen molar-refractivity contribution in [1.82, 2.24) is 9.97 Å². The lowest BCUT2D eigenvalue weighted by Crippen LogP contribution is -2.17. The zero-order chi connectivity index (χ0) is 15.1. The summed E-state index contributed by atoms with van der Waals surface area (Å²) >= 11 is 1.88. The molecular weight excluding hydrogens is 268 g/mol. The molecular formula is C15H28N4S. The van der Waals surface area contributed by atoms with Gasteiger partial charge in [-0.15, -0.1) is 0 Å². The fraction of sp³-hybridized carbons (Fsp3) is 0.733. The van der Waals surface area contributed by atoms with E-state index in [9.17, 15) is 0 Å². The van der Waals surface area contributed by atoms with Crippen LogP contribution in [0.2, 0.25) is 0 Å². The van der Waals surface area contributed by atoms with E-state index in [0.29, 0.717) is 11.8 Å². The molecule has 20 heavy (non-hydrogen) atoms. The number of anilines is 2. The number of nitrogens with one attached hydrogen (secondary N) is 2. The second-order valence-corrected chi connectivity index (χ2v) is 6.44. The zero-order valence-corrected chi connectivity index (χ0v) is 14.4. The van der Waals surface area contributed by atoms with Crippen molar-refractivity contribution in [1.29, 1.82) is 0 Å². The van der Waals surface area contributed by atoms with E-state index < -0.39 is 0 Å². The Labute approximate surface area is 127 Å². The molecule has 0 aliphatic rings. The van der Waals surface area contributed by atoms with Crippen LogP contribution in [0.3, 0.4) is 0 Å². The normalized spacial score (nSPS) is 12.6. The summed E-state index contributed by atoms with van der Waals surface area (Å²) in [5, 5.41) is 6.82. The quantitative estimate of drug-likeness (QED) is 0.765. The Balaban J connectivity index is 2.92. The fourth-order valence-corrected chi connectivity index (χ4v) is 2.61. The molecule has 5 heteroatoms. The van der Waals surface area contributed by atoms with Gasteiger partial charge in [-0.25, -0.2) is 9.97 Å². The third-order valence-electron chi connectivity index (χ3n) is 3.09. The molecule has 0 aliphatic heterocycles. The summed E-state index contributed by atoms with van der Waals surface area (Å²) in [7, 11) is 0. The standard InChI is InChI=1S/C15H28N4S/c1-7-16-14-12(5)15(17-8-11(4)9-20-6)19-13(18-14)10(2)3/h10-11H,7-9H2,1-6H3,(H2,16,17,18,19). The van der Waals surface area contributed by atoms with E-state index in [1.807, 2.05) is 11.8 Å². The SMILES string of the molecule is CCNc1nc(C(C)C)nc(NCC(C)CSC)c1C. The highest BCUT2D eigenvalue weighted by Gasteiger charge is 2.13. The first-order valence-corrected chi connectivity index (χ1v) is 8.74. The fourth-order valence-electron chi connectivity index (χ4n) is 1.92. The maximum Gasteiger partial charge on any atom is 0.135 e. The van der Waals surface area contributed by atoms with Crippen LogP contribution >= 0.6 is 11.8 Å². The number of hydrogen-bond donors (Lipinski definition) is 2. The number of rotatable bonds is 8. The third kappa shape index (κ3) is 4.85. The average Bonchev–Trinajstić information content (AvgIpc) is 2.40. The van der Waals surface area contributed by atoms with Crippen molar-refractivity contribution < 1.29 is 0 Å². The molecule has 0 bridgehead atoms. The monoisotopic (exact) mass is 296 g/mol. The van der Waals surface area contributed by atoms with Gasteiger partial charge < -0.3 is 10.6 Å². The first-order valence-electron chi connectivity index (χ1n) is 7.34. The molecule has 0 fully saturated rings. The smallest absolute Gasteiger partial charge is 0.135 e. The molecule has 0 radical (unpaired) electrons. The molecule has 0 aromatic carbocycles. The molecule has 0 aliphatic carbocycles. The van der Waals surface area contributed by atoms with Gasteiger partial charge in [0.15, 0.2) is 0 Å². The van der Waals surface area contributed by atoms with Crippen LogP contribution < -0.4 is 10.6 Å². The van der Waals surface area contributed by atoms with Crippen LogP contribution in [0.4, 0.5) is 11.6 Å². The van der Waals surface area contributed by atoms with Gasteiger partial charge in [0.25, 0.3) is 0 Å². The third-order valence-corrected chi connectivity index (χ3v) is 4.00. The van der Waals surface area contributed by atoms with Gasteiger partial charge in [-0.05, 0) is 31.8 Å². The zero-order valence-electron chi connectivity index (χ0n) is 13.6. The lowest BCUT2D eigenvalue weighted by atomic mass is 10.2. The molecule has 1 unspecified atom stereocenters. The minimum atomic E-state index is 0.331. The van der Waals surface area contributed by atoms with Crippen LogP contribution in [0.25, 0.3) is 0 Å². The van der Waals surface area contributed by atoms with Crippen molar-refractivity contribution in [2.75, 3.05) is 35.7 Å². The summed E-state index contributed by atoms with van der Waals surface area (Å²) in [5.41, 5.74) is 1.10. The first-order chi connectivity index (χ1) is 9.49. The van der Waals surface area contributed by atoms with Gasteiger partial charge in [0.2, 0.25) is 0 Å². The minimum Gasteiger partial charge on any atom is -0.370 e. The van der Waals surface area contributed by atoms with Crippen LogP contribution in [0.5, 0.6) is 0 Å². The first kappa shape index (κ1) is 17.1. The Morgan fingerprint density at radius 2 is 1.70 bits per heavy atom. The van der Waals surface area contributed by atoms with Crippen LogP contribution in [-0.2, 0) is 0 Å². The maximum absolute atomic E-state index is 4.68. The highest BCUT2D eigenvalue weighted by atomic mass is 32.2. The van der Waals surface area contributed by atoms with Crippen molar-refractivity contribution >= 4 is 23.4 Å². The van der Waals surface area contributed by atoms with Gasteiger partial charge in [-0.3, -0.25) is 0 Å². The molecule has 4 nitrogen and oxygen atoms in total. The van der Waals surface area contributed by atoms with Gasteiger partial charge in [-0.2, -0.15) is 11.8 Å². The molecule has 0 spiro atoms. The Kier molecular flexibility index (Phi) is 7.13. The van der Waals surface area contributed by atoms with E-state index in [2.05, 4.69) is 61.5 Å². The molecule has 1 rings (SSSR count). The summed E-state index contributed by atoms with van der Waals surface area (Å²) in [4.78, 5) is 9.30. The van der Waals surface area contributed by atoms with E-state index in [4.69, 9.17) is 0 Å². The molecule has 0 saturated heterocycles. The van der Waals surface area contributed by atoms with Gasteiger partial charge in [0.05, 0.1) is 0 Å². The van der Waals surface area contributed by atoms with E-state index in [1.54, 1.807) is 0 Å². The van der Waals surface area contributed by atoms with Crippen LogP contribution in [0.1, 0.15) is 45.0 Å². The minimum absolute atomic E-state index is 0.331. The molecule has 114 valence electrons. The maximum atomic E-state index is 4.68. The second-order valence-electron chi connectivity index (χ2n) is 5.53. The Morgan fingerprint density at radius 3 is 2.20 bits per heavy atom. The van der Waals surface area contributed by atoms with Crippen molar-refractivity contribution in [2.24, 2.45) is 5.92 Å². The van der Waals surface area contributed by atoms with Gasteiger partial charge in [0.1, 0.15) is 17.5 Å².